The number of nitro groups is 1. The van der Waals surface area contributed by atoms with E-state index in [-0.39, 0.29) is 10.6 Å². The number of fused-ring (bicyclic) bond motifs is 1. The minimum atomic E-state index is -0.356. The summed E-state index contributed by atoms with van der Waals surface area (Å²) in [5, 5.41) is 14.1. The minimum Gasteiger partial charge on any atom is -0.385 e. The Labute approximate surface area is 140 Å². The number of para-hydroxylation sites is 2. The van der Waals surface area contributed by atoms with Crippen LogP contribution < -0.4 is 5.32 Å². The van der Waals surface area contributed by atoms with Gasteiger partial charge in [0.25, 0.3) is 5.69 Å². The van der Waals surface area contributed by atoms with Crippen molar-refractivity contribution in [3.05, 3.63) is 64.0 Å². The van der Waals surface area contributed by atoms with Gasteiger partial charge in [-0.05, 0) is 37.6 Å². The average Bonchev–Trinajstić information content (AvgIpc) is 2.88. The highest BCUT2D eigenvalue weighted by Crippen LogP contribution is 2.21. The number of hydrogen-bond acceptors (Lipinski definition) is 4. The van der Waals surface area contributed by atoms with Crippen LogP contribution in [0.3, 0.4) is 0 Å². The quantitative estimate of drug-likeness (QED) is 0.425. The number of aromatic nitrogens is 2. The Kier molecular flexibility index (Phi) is 4.46. The topological polar surface area (TPSA) is 73.0 Å². The first-order chi connectivity index (χ1) is 11.6. The molecule has 1 heterocycles. The Hall–Kier alpha value is -2.89. The van der Waals surface area contributed by atoms with E-state index in [9.17, 15) is 10.1 Å². The number of aryl methyl sites for hydroxylation is 3. The van der Waals surface area contributed by atoms with Crippen LogP contribution in [0, 0.1) is 17.0 Å². The van der Waals surface area contributed by atoms with Gasteiger partial charge in [-0.3, -0.25) is 10.1 Å². The minimum absolute atomic E-state index is 0.153. The molecular weight excluding hydrogens is 304 g/mol. The number of anilines is 1. The van der Waals surface area contributed by atoms with Crippen molar-refractivity contribution < 1.29 is 4.92 Å². The molecule has 24 heavy (non-hydrogen) atoms. The molecule has 0 aliphatic rings. The molecule has 0 aliphatic carbocycles. The molecular formula is C18H20N4O2. The Morgan fingerprint density at radius 1 is 1.25 bits per heavy atom. The number of benzene rings is 2. The highest BCUT2D eigenvalue weighted by Gasteiger charge is 2.10. The predicted octanol–water partition coefficient (Wildman–Crippen LogP) is 3.83. The number of nitro benzene ring substituents is 1. The summed E-state index contributed by atoms with van der Waals surface area (Å²) in [6, 6.07) is 13.2. The molecule has 1 N–H and O–H groups in total. The lowest BCUT2D eigenvalue weighted by atomic mass is 10.2. The van der Waals surface area contributed by atoms with Crippen molar-refractivity contribution in [2.75, 3.05) is 11.9 Å². The highest BCUT2D eigenvalue weighted by atomic mass is 16.6. The van der Waals surface area contributed by atoms with E-state index >= 15 is 0 Å². The van der Waals surface area contributed by atoms with E-state index in [1.54, 1.807) is 19.1 Å². The standard InChI is InChI=1S/C18H20N4O2/c1-13-12-14(9-10-16(13)22(23)24)19-11-5-8-18-20-15-6-3-4-7-17(15)21(18)2/h3-4,6-7,9-10,12,19H,5,8,11H2,1-2H3. The van der Waals surface area contributed by atoms with Gasteiger partial charge in [-0.25, -0.2) is 4.98 Å². The molecule has 0 unspecified atom stereocenters. The van der Waals surface area contributed by atoms with Gasteiger partial charge in [-0.2, -0.15) is 0 Å². The third kappa shape index (κ3) is 3.22. The van der Waals surface area contributed by atoms with Crippen LogP contribution in [0.25, 0.3) is 11.0 Å². The molecule has 6 nitrogen and oxygen atoms in total. The lowest BCUT2D eigenvalue weighted by molar-refractivity contribution is -0.385. The summed E-state index contributed by atoms with van der Waals surface area (Å²) in [5.41, 5.74) is 3.89. The number of nitrogens with one attached hydrogen (secondary N) is 1. The summed E-state index contributed by atoms with van der Waals surface area (Å²) in [5.74, 6) is 1.07. The van der Waals surface area contributed by atoms with Gasteiger partial charge in [0.05, 0.1) is 16.0 Å². The zero-order valence-electron chi connectivity index (χ0n) is 13.8. The predicted molar refractivity (Wildman–Crippen MR) is 95.4 cm³/mol. The second-order valence-corrected chi connectivity index (χ2v) is 5.86. The van der Waals surface area contributed by atoms with Gasteiger partial charge in [0.1, 0.15) is 5.82 Å². The molecule has 0 saturated carbocycles. The third-order valence-electron chi connectivity index (χ3n) is 4.18. The number of rotatable bonds is 6. The molecule has 0 saturated heterocycles. The lowest BCUT2D eigenvalue weighted by Crippen LogP contribution is -2.06. The zero-order chi connectivity index (χ0) is 17.1. The maximum atomic E-state index is 10.8. The molecule has 2 aromatic carbocycles. The largest absolute Gasteiger partial charge is 0.385 e. The normalized spacial score (nSPS) is 10.9. The van der Waals surface area contributed by atoms with E-state index in [1.165, 1.54) is 0 Å². The van der Waals surface area contributed by atoms with Crippen LogP contribution in [0.5, 0.6) is 0 Å². The number of imidazole rings is 1. The second-order valence-electron chi connectivity index (χ2n) is 5.86. The van der Waals surface area contributed by atoms with Crippen molar-refractivity contribution in [2.45, 2.75) is 19.8 Å². The van der Waals surface area contributed by atoms with Crippen molar-refractivity contribution in [3.8, 4) is 0 Å². The van der Waals surface area contributed by atoms with E-state index in [2.05, 4.69) is 20.9 Å². The SMILES string of the molecule is Cc1cc(NCCCc2nc3ccccc3n2C)ccc1[N+](=O)[O-]. The van der Waals surface area contributed by atoms with Crippen molar-refractivity contribution in [1.29, 1.82) is 0 Å². The Morgan fingerprint density at radius 2 is 2.04 bits per heavy atom. The van der Waals surface area contributed by atoms with Gasteiger partial charge >= 0.3 is 0 Å². The first kappa shape index (κ1) is 16.0. The van der Waals surface area contributed by atoms with Crippen molar-refractivity contribution in [1.82, 2.24) is 9.55 Å². The van der Waals surface area contributed by atoms with Crippen LogP contribution in [0.15, 0.2) is 42.5 Å². The number of nitrogens with zero attached hydrogens (tertiary/aromatic N) is 3. The van der Waals surface area contributed by atoms with Crippen molar-refractivity contribution in [3.63, 3.8) is 0 Å². The maximum Gasteiger partial charge on any atom is 0.272 e. The summed E-state index contributed by atoms with van der Waals surface area (Å²) >= 11 is 0. The van der Waals surface area contributed by atoms with Crippen LogP contribution >= 0.6 is 0 Å². The molecule has 0 radical (unpaired) electrons. The molecule has 6 heteroatoms. The van der Waals surface area contributed by atoms with Gasteiger partial charge < -0.3 is 9.88 Å². The van der Waals surface area contributed by atoms with Crippen LogP contribution in [0.2, 0.25) is 0 Å². The monoisotopic (exact) mass is 324 g/mol. The van der Waals surface area contributed by atoms with E-state index < -0.39 is 0 Å². The molecule has 0 fully saturated rings. The number of hydrogen-bond donors (Lipinski definition) is 1. The second kappa shape index (κ2) is 6.70. The van der Waals surface area contributed by atoms with E-state index in [0.29, 0.717) is 5.56 Å². The Balaban J connectivity index is 1.58. The molecule has 0 atom stereocenters. The summed E-state index contributed by atoms with van der Waals surface area (Å²) in [7, 11) is 2.04. The summed E-state index contributed by atoms with van der Waals surface area (Å²) in [4.78, 5) is 15.1. The molecule has 0 spiro atoms. The Bertz CT molecular complexity index is 886. The first-order valence-electron chi connectivity index (χ1n) is 7.95. The van der Waals surface area contributed by atoms with Crippen LogP contribution in [0.1, 0.15) is 17.8 Å². The highest BCUT2D eigenvalue weighted by molar-refractivity contribution is 5.75. The first-order valence-corrected chi connectivity index (χ1v) is 7.95. The fraction of sp³-hybridized carbons (Fsp3) is 0.278. The van der Waals surface area contributed by atoms with Crippen LogP contribution in [0.4, 0.5) is 11.4 Å². The van der Waals surface area contributed by atoms with Crippen LogP contribution in [-0.2, 0) is 13.5 Å². The third-order valence-corrected chi connectivity index (χ3v) is 4.18. The van der Waals surface area contributed by atoms with E-state index in [1.807, 2.05) is 31.3 Å². The van der Waals surface area contributed by atoms with Crippen molar-refractivity contribution in [2.24, 2.45) is 7.05 Å². The van der Waals surface area contributed by atoms with E-state index in [4.69, 9.17) is 0 Å². The summed E-state index contributed by atoms with van der Waals surface area (Å²) in [6.07, 6.45) is 1.82. The molecule has 0 bridgehead atoms. The summed E-state index contributed by atoms with van der Waals surface area (Å²) < 4.78 is 2.13. The van der Waals surface area contributed by atoms with Crippen LogP contribution in [-0.4, -0.2) is 21.0 Å². The van der Waals surface area contributed by atoms with Gasteiger partial charge in [-0.1, -0.05) is 12.1 Å². The molecule has 0 aliphatic heterocycles. The van der Waals surface area contributed by atoms with Gasteiger partial charge in [0, 0.05) is 37.3 Å². The lowest BCUT2D eigenvalue weighted by Gasteiger charge is -2.07. The zero-order valence-corrected chi connectivity index (χ0v) is 13.8. The Morgan fingerprint density at radius 3 is 2.75 bits per heavy atom. The van der Waals surface area contributed by atoms with Gasteiger partial charge in [0.2, 0.25) is 0 Å². The average molecular weight is 324 g/mol. The molecule has 3 rings (SSSR count). The van der Waals surface area contributed by atoms with Gasteiger partial charge in [0.15, 0.2) is 0 Å². The fourth-order valence-electron chi connectivity index (χ4n) is 2.87. The fourth-order valence-corrected chi connectivity index (χ4v) is 2.87. The van der Waals surface area contributed by atoms with Gasteiger partial charge in [-0.15, -0.1) is 0 Å². The molecule has 1 aromatic heterocycles. The molecule has 0 amide bonds. The summed E-state index contributed by atoms with van der Waals surface area (Å²) in [6.45, 7) is 2.54. The van der Waals surface area contributed by atoms with Crippen molar-refractivity contribution >= 4 is 22.4 Å². The molecule has 124 valence electrons. The molecule has 3 aromatic rings. The van der Waals surface area contributed by atoms with E-state index in [0.717, 1.165) is 41.9 Å². The smallest absolute Gasteiger partial charge is 0.272 e. The maximum absolute atomic E-state index is 10.8.